The van der Waals surface area contributed by atoms with E-state index in [1.54, 1.807) is 16.8 Å². The molecule has 0 saturated heterocycles. The predicted molar refractivity (Wildman–Crippen MR) is 169 cm³/mol. The number of aryl methyl sites for hydroxylation is 1. The maximum atomic E-state index is 14.0. The van der Waals surface area contributed by atoms with E-state index in [0.29, 0.717) is 48.2 Å². The van der Waals surface area contributed by atoms with Gasteiger partial charge in [0.2, 0.25) is 0 Å². The Bertz CT molecular complexity index is 2020. The molecule has 0 aliphatic carbocycles. The number of fused-ring (bicyclic) bond motifs is 1. The molecule has 10 heteroatoms. The van der Waals surface area contributed by atoms with Gasteiger partial charge in [0.05, 0.1) is 21.8 Å². The summed E-state index contributed by atoms with van der Waals surface area (Å²) in [6.45, 7) is 7.99. The molecule has 1 atom stereocenters. The molecule has 8 nitrogen and oxygen atoms in total. The SMILES string of the molecule is CC1=C(C(=O)Nc2ccccc2)[C@H](c2ccc(C(C)C)cc2)n2c(s/c(=C/c3ccc(Sc4nccc(C)n4)o3)c2=O)=N1. The number of carbonyl (C=O) groups excluding carboxylic acids is 1. The summed E-state index contributed by atoms with van der Waals surface area (Å²) >= 11 is 2.58. The number of thiazole rings is 1. The van der Waals surface area contributed by atoms with E-state index in [1.165, 1.54) is 28.7 Å². The van der Waals surface area contributed by atoms with Crippen LogP contribution >= 0.6 is 23.1 Å². The van der Waals surface area contributed by atoms with E-state index in [0.717, 1.165) is 11.3 Å². The van der Waals surface area contributed by atoms with E-state index in [2.05, 4.69) is 41.3 Å². The fourth-order valence-corrected chi connectivity index (χ4v) is 6.66. The van der Waals surface area contributed by atoms with Crippen molar-refractivity contribution in [3.8, 4) is 0 Å². The molecule has 1 N–H and O–H groups in total. The maximum Gasteiger partial charge on any atom is 0.271 e. The molecule has 216 valence electrons. The number of rotatable bonds is 7. The monoisotopic (exact) mass is 607 g/mol. The van der Waals surface area contributed by atoms with Gasteiger partial charge in [0.1, 0.15) is 5.76 Å². The Labute approximate surface area is 256 Å². The number of anilines is 1. The van der Waals surface area contributed by atoms with Gasteiger partial charge >= 0.3 is 0 Å². The fraction of sp³-hybridized carbons (Fsp3) is 0.182. The lowest BCUT2D eigenvalue weighted by atomic mass is 9.93. The molecule has 0 saturated carbocycles. The summed E-state index contributed by atoms with van der Waals surface area (Å²) < 4.78 is 8.07. The van der Waals surface area contributed by atoms with Crippen molar-refractivity contribution >= 4 is 40.8 Å². The molecule has 5 aromatic rings. The third kappa shape index (κ3) is 6.02. The van der Waals surface area contributed by atoms with Crippen molar-refractivity contribution in [1.82, 2.24) is 14.5 Å². The average molecular weight is 608 g/mol. The van der Waals surface area contributed by atoms with Crippen molar-refractivity contribution in [2.45, 2.75) is 49.9 Å². The summed E-state index contributed by atoms with van der Waals surface area (Å²) in [5.41, 5.74) is 4.29. The zero-order valence-electron chi connectivity index (χ0n) is 24.1. The van der Waals surface area contributed by atoms with E-state index in [4.69, 9.17) is 9.41 Å². The molecule has 0 spiro atoms. The molecule has 4 heterocycles. The van der Waals surface area contributed by atoms with Crippen molar-refractivity contribution in [2.75, 3.05) is 5.32 Å². The number of nitrogens with zero attached hydrogens (tertiary/aromatic N) is 4. The van der Waals surface area contributed by atoms with Crippen LogP contribution in [-0.4, -0.2) is 20.4 Å². The molecule has 0 unspecified atom stereocenters. The molecule has 3 aromatic heterocycles. The van der Waals surface area contributed by atoms with Crippen LogP contribution in [-0.2, 0) is 4.79 Å². The number of aromatic nitrogens is 3. The van der Waals surface area contributed by atoms with Crippen molar-refractivity contribution in [3.63, 3.8) is 0 Å². The molecule has 1 aliphatic rings. The average Bonchev–Trinajstić information content (AvgIpc) is 3.55. The third-order valence-corrected chi connectivity index (χ3v) is 8.84. The number of para-hydroxylation sites is 1. The summed E-state index contributed by atoms with van der Waals surface area (Å²) in [4.78, 5) is 41.7. The minimum absolute atomic E-state index is 0.244. The summed E-state index contributed by atoms with van der Waals surface area (Å²) in [7, 11) is 0. The Morgan fingerprint density at radius 3 is 2.53 bits per heavy atom. The highest BCUT2D eigenvalue weighted by Crippen LogP contribution is 2.32. The van der Waals surface area contributed by atoms with Crippen molar-refractivity contribution in [3.05, 3.63) is 133 Å². The van der Waals surface area contributed by atoms with Crippen LogP contribution in [0.15, 0.2) is 115 Å². The van der Waals surface area contributed by atoms with Crippen LogP contribution < -0.4 is 20.2 Å². The first kappa shape index (κ1) is 28.6. The van der Waals surface area contributed by atoms with Crippen LogP contribution in [0.25, 0.3) is 6.08 Å². The van der Waals surface area contributed by atoms with Gasteiger partial charge in [-0.1, -0.05) is 67.6 Å². The first-order valence-corrected chi connectivity index (χ1v) is 15.5. The lowest BCUT2D eigenvalue weighted by Crippen LogP contribution is -2.40. The number of hydrogen-bond donors (Lipinski definition) is 1. The Morgan fingerprint density at radius 2 is 1.81 bits per heavy atom. The van der Waals surface area contributed by atoms with Crippen LogP contribution in [0.5, 0.6) is 0 Å². The Morgan fingerprint density at radius 1 is 1.05 bits per heavy atom. The molecule has 0 fully saturated rings. The molecule has 1 amide bonds. The molecule has 43 heavy (non-hydrogen) atoms. The smallest absolute Gasteiger partial charge is 0.271 e. The van der Waals surface area contributed by atoms with Crippen LogP contribution in [0, 0.1) is 6.92 Å². The molecular formula is C33H29N5O3S2. The normalized spacial score (nSPS) is 15.0. The number of allylic oxidation sites excluding steroid dienone is 1. The van der Waals surface area contributed by atoms with E-state index in [-0.39, 0.29) is 11.5 Å². The molecule has 0 bridgehead atoms. The second-order valence-corrected chi connectivity index (χ2v) is 12.4. The second kappa shape index (κ2) is 12.0. The van der Waals surface area contributed by atoms with Crippen molar-refractivity contribution in [2.24, 2.45) is 4.99 Å². The molecule has 0 radical (unpaired) electrons. The number of hydrogen-bond acceptors (Lipinski definition) is 8. The second-order valence-electron chi connectivity index (χ2n) is 10.5. The summed E-state index contributed by atoms with van der Waals surface area (Å²) in [6.07, 6.45) is 3.42. The van der Waals surface area contributed by atoms with Gasteiger partial charge in [0, 0.05) is 23.7 Å². The summed E-state index contributed by atoms with van der Waals surface area (Å²) in [5, 5.41) is 4.19. The Hall–Kier alpha value is -4.54. The van der Waals surface area contributed by atoms with E-state index < -0.39 is 6.04 Å². The minimum atomic E-state index is -0.649. The molecule has 2 aromatic carbocycles. The number of nitrogens with one attached hydrogen (secondary N) is 1. The quantitative estimate of drug-likeness (QED) is 0.233. The highest BCUT2D eigenvalue weighted by atomic mass is 32.2. The van der Waals surface area contributed by atoms with E-state index >= 15 is 0 Å². The zero-order valence-corrected chi connectivity index (χ0v) is 25.7. The van der Waals surface area contributed by atoms with Crippen LogP contribution in [0.2, 0.25) is 0 Å². The number of furan rings is 1. The zero-order chi connectivity index (χ0) is 30.1. The van der Waals surface area contributed by atoms with Crippen LogP contribution in [0.3, 0.4) is 0 Å². The third-order valence-electron chi connectivity index (χ3n) is 7.06. The maximum absolute atomic E-state index is 14.0. The van der Waals surface area contributed by atoms with Crippen LogP contribution in [0.4, 0.5) is 5.69 Å². The van der Waals surface area contributed by atoms with Gasteiger partial charge in [-0.3, -0.25) is 14.2 Å². The van der Waals surface area contributed by atoms with E-state index in [1.807, 2.05) is 74.5 Å². The largest absolute Gasteiger partial charge is 0.450 e. The van der Waals surface area contributed by atoms with Gasteiger partial charge < -0.3 is 9.73 Å². The molecular weight excluding hydrogens is 579 g/mol. The molecule has 1 aliphatic heterocycles. The number of carbonyl (C=O) groups is 1. The van der Waals surface area contributed by atoms with Crippen LogP contribution in [0.1, 0.15) is 55.3 Å². The first-order valence-electron chi connectivity index (χ1n) is 13.8. The van der Waals surface area contributed by atoms with Gasteiger partial charge in [-0.2, -0.15) is 0 Å². The van der Waals surface area contributed by atoms with Gasteiger partial charge in [0.15, 0.2) is 15.1 Å². The number of amides is 1. The predicted octanol–water partition coefficient (Wildman–Crippen LogP) is 5.84. The topological polar surface area (TPSA) is 102 Å². The lowest BCUT2D eigenvalue weighted by Gasteiger charge is -2.25. The Kier molecular flexibility index (Phi) is 7.96. The minimum Gasteiger partial charge on any atom is -0.450 e. The van der Waals surface area contributed by atoms with Crippen molar-refractivity contribution in [1.29, 1.82) is 0 Å². The van der Waals surface area contributed by atoms with Gasteiger partial charge in [-0.25, -0.2) is 15.0 Å². The number of benzene rings is 2. The lowest BCUT2D eigenvalue weighted by molar-refractivity contribution is -0.113. The standard InChI is InChI=1S/C33H29N5O3S2/c1-19(2)22-10-12-23(13-11-22)29-28(30(39)37-24-8-6-5-7-9-24)21(4)36-33-38(29)31(40)26(42-33)18-25-14-15-27(41-25)43-32-34-17-16-20(3)35-32/h5-19,29H,1-4H3,(H,37,39)/b26-18+/t29-/m0/s1. The first-order chi connectivity index (χ1) is 20.8. The van der Waals surface area contributed by atoms with Crippen molar-refractivity contribution < 1.29 is 9.21 Å². The highest BCUT2D eigenvalue weighted by molar-refractivity contribution is 7.99. The highest BCUT2D eigenvalue weighted by Gasteiger charge is 2.32. The fourth-order valence-electron chi connectivity index (χ4n) is 4.87. The Balaban J connectivity index is 1.41. The summed E-state index contributed by atoms with van der Waals surface area (Å²) in [6, 6.07) is 22.2. The van der Waals surface area contributed by atoms with E-state index in [9.17, 15) is 9.59 Å². The van der Waals surface area contributed by atoms with Gasteiger partial charge in [-0.05, 0) is 73.0 Å². The van der Waals surface area contributed by atoms with Gasteiger partial charge in [-0.15, -0.1) is 0 Å². The van der Waals surface area contributed by atoms with Gasteiger partial charge in [0.25, 0.3) is 11.5 Å². The summed E-state index contributed by atoms with van der Waals surface area (Å²) in [5.74, 6) is 0.574. The molecule has 6 rings (SSSR count).